The van der Waals surface area contributed by atoms with Crippen LogP contribution in [0.2, 0.25) is 0 Å². The lowest BCUT2D eigenvalue weighted by Crippen LogP contribution is -2.36. The van der Waals surface area contributed by atoms with Gasteiger partial charge in [0.1, 0.15) is 10.7 Å². The molecule has 1 heterocycles. The zero-order valence-corrected chi connectivity index (χ0v) is 10.5. The third-order valence-corrected chi connectivity index (χ3v) is 2.07. The highest BCUT2D eigenvalue weighted by molar-refractivity contribution is 7.80. The Morgan fingerprint density at radius 3 is 2.88 bits per heavy atom. The number of ether oxygens (including phenoxy) is 1. The average Bonchev–Trinajstić information content (AvgIpc) is 2.17. The maximum Gasteiger partial charge on any atom is 0.223 e. The van der Waals surface area contributed by atoms with Crippen molar-refractivity contribution in [1.29, 1.82) is 0 Å². The van der Waals surface area contributed by atoms with Gasteiger partial charge in [-0.05, 0) is 19.9 Å². The van der Waals surface area contributed by atoms with E-state index in [4.69, 9.17) is 22.7 Å². The summed E-state index contributed by atoms with van der Waals surface area (Å²) in [5.41, 5.74) is 5.80. The van der Waals surface area contributed by atoms with Gasteiger partial charge in [-0.2, -0.15) is 0 Å². The first-order valence-electron chi connectivity index (χ1n) is 4.84. The van der Waals surface area contributed by atoms with Gasteiger partial charge in [0.05, 0.1) is 12.1 Å². The average molecular weight is 240 g/mol. The lowest BCUT2D eigenvalue weighted by molar-refractivity contribution is 0.158. The van der Waals surface area contributed by atoms with Gasteiger partial charge in [0.2, 0.25) is 5.95 Å². The molecule has 1 rings (SSSR count). The largest absolute Gasteiger partial charge is 0.388 e. The summed E-state index contributed by atoms with van der Waals surface area (Å²) in [4.78, 5) is 8.55. The zero-order chi connectivity index (χ0) is 12.2. The molecule has 1 aromatic heterocycles. The maximum atomic E-state index is 5.49. The summed E-state index contributed by atoms with van der Waals surface area (Å²) in [7, 11) is 1.65. The SMILES string of the molecule is COCC(C)(C)Nc1nccc(C(N)=S)n1. The predicted molar refractivity (Wildman–Crippen MR) is 67.5 cm³/mol. The van der Waals surface area contributed by atoms with Crippen LogP contribution in [0.1, 0.15) is 19.5 Å². The van der Waals surface area contributed by atoms with Crippen LogP contribution in [-0.2, 0) is 4.74 Å². The van der Waals surface area contributed by atoms with Crippen molar-refractivity contribution in [3.8, 4) is 0 Å². The molecular weight excluding hydrogens is 224 g/mol. The Labute approximate surface area is 100 Å². The topological polar surface area (TPSA) is 73.1 Å². The Morgan fingerprint density at radius 1 is 1.62 bits per heavy atom. The fourth-order valence-corrected chi connectivity index (χ4v) is 1.37. The summed E-state index contributed by atoms with van der Waals surface area (Å²) in [6.07, 6.45) is 1.62. The summed E-state index contributed by atoms with van der Waals surface area (Å²) in [5, 5.41) is 3.15. The molecule has 1 aromatic rings. The summed E-state index contributed by atoms with van der Waals surface area (Å²) in [6, 6.07) is 1.68. The molecule has 0 saturated carbocycles. The number of nitrogens with zero attached hydrogens (tertiary/aromatic N) is 2. The van der Waals surface area contributed by atoms with Crippen molar-refractivity contribution in [1.82, 2.24) is 9.97 Å². The highest BCUT2D eigenvalue weighted by atomic mass is 32.1. The Kier molecular flexibility index (Phi) is 4.14. The smallest absolute Gasteiger partial charge is 0.223 e. The molecule has 0 aliphatic carbocycles. The number of methoxy groups -OCH3 is 1. The molecule has 0 atom stereocenters. The lowest BCUT2D eigenvalue weighted by atomic mass is 10.1. The molecule has 3 N–H and O–H groups in total. The van der Waals surface area contributed by atoms with Crippen LogP contribution >= 0.6 is 12.2 Å². The molecule has 0 fully saturated rings. The van der Waals surface area contributed by atoms with E-state index >= 15 is 0 Å². The number of nitrogens with one attached hydrogen (secondary N) is 1. The highest BCUT2D eigenvalue weighted by Crippen LogP contribution is 2.11. The van der Waals surface area contributed by atoms with Crippen LogP contribution in [0.5, 0.6) is 0 Å². The Balaban J connectivity index is 2.81. The molecule has 0 aromatic carbocycles. The Morgan fingerprint density at radius 2 is 2.31 bits per heavy atom. The van der Waals surface area contributed by atoms with E-state index in [0.717, 1.165) is 0 Å². The summed E-state index contributed by atoms with van der Waals surface area (Å²) >= 11 is 4.85. The van der Waals surface area contributed by atoms with Crippen LogP contribution in [0.15, 0.2) is 12.3 Å². The molecule has 0 amide bonds. The van der Waals surface area contributed by atoms with Crippen LogP contribution in [0.25, 0.3) is 0 Å². The minimum Gasteiger partial charge on any atom is -0.388 e. The monoisotopic (exact) mass is 240 g/mol. The first-order valence-corrected chi connectivity index (χ1v) is 5.25. The fraction of sp³-hybridized carbons (Fsp3) is 0.500. The van der Waals surface area contributed by atoms with Gasteiger partial charge < -0.3 is 15.8 Å². The third kappa shape index (κ3) is 3.71. The van der Waals surface area contributed by atoms with E-state index in [2.05, 4.69) is 15.3 Å². The molecule has 16 heavy (non-hydrogen) atoms. The molecule has 0 aliphatic heterocycles. The van der Waals surface area contributed by atoms with Gasteiger partial charge in [-0.25, -0.2) is 9.97 Å². The third-order valence-electron chi connectivity index (χ3n) is 1.86. The molecule has 0 bridgehead atoms. The maximum absolute atomic E-state index is 5.49. The molecular formula is C10H16N4OS. The van der Waals surface area contributed by atoms with E-state index in [1.54, 1.807) is 19.4 Å². The van der Waals surface area contributed by atoms with E-state index in [9.17, 15) is 0 Å². The predicted octanol–water partition coefficient (Wildman–Crippen LogP) is 0.948. The van der Waals surface area contributed by atoms with Crippen LogP contribution in [0, 0.1) is 0 Å². The molecule has 6 heteroatoms. The molecule has 0 unspecified atom stereocenters. The van der Waals surface area contributed by atoms with Crippen molar-refractivity contribution in [3.05, 3.63) is 18.0 Å². The van der Waals surface area contributed by atoms with Crippen LogP contribution < -0.4 is 11.1 Å². The minimum atomic E-state index is -0.246. The lowest BCUT2D eigenvalue weighted by Gasteiger charge is -2.25. The van der Waals surface area contributed by atoms with Crippen molar-refractivity contribution >= 4 is 23.2 Å². The quantitative estimate of drug-likeness (QED) is 0.746. The van der Waals surface area contributed by atoms with Crippen LogP contribution in [0.4, 0.5) is 5.95 Å². The van der Waals surface area contributed by atoms with Gasteiger partial charge in [0.15, 0.2) is 0 Å². The van der Waals surface area contributed by atoms with E-state index in [-0.39, 0.29) is 10.5 Å². The minimum absolute atomic E-state index is 0.246. The van der Waals surface area contributed by atoms with Gasteiger partial charge >= 0.3 is 0 Å². The second kappa shape index (κ2) is 5.18. The van der Waals surface area contributed by atoms with Gasteiger partial charge in [0, 0.05) is 13.3 Å². The van der Waals surface area contributed by atoms with E-state index in [1.165, 1.54) is 0 Å². The van der Waals surface area contributed by atoms with Gasteiger partial charge in [-0.15, -0.1) is 0 Å². The normalized spacial score (nSPS) is 11.2. The standard InChI is InChI=1S/C10H16N4OS/c1-10(2,6-15-3)14-9-12-5-4-7(13-9)8(11)16/h4-5H,6H2,1-3H3,(H2,11,16)(H,12,13,14). The second-order valence-electron chi connectivity index (χ2n) is 4.07. The summed E-state index contributed by atoms with van der Waals surface area (Å²) in [5.74, 6) is 0.493. The number of thiocarbonyl (C=S) groups is 1. The summed E-state index contributed by atoms with van der Waals surface area (Å²) in [6.45, 7) is 4.54. The van der Waals surface area contributed by atoms with Crippen molar-refractivity contribution < 1.29 is 4.74 Å². The fourth-order valence-electron chi connectivity index (χ4n) is 1.26. The number of nitrogens with two attached hydrogens (primary N) is 1. The summed E-state index contributed by atoms with van der Waals surface area (Å²) < 4.78 is 5.09. The van der Waals surface area contributed by atoms with Gasteiger partial charge in [0.25, 0.3) is 0 Å². The zero-order valence-electron chi connectivity index (χ0n) is 9.65. The number of anilines is 1. The van der Waals surface area contributed by atoms with Crippen molar-refractivity contribution in [2.24, 2.45) is 5.73 Å². The first kappa shape index (κ1) is 12.8. The molecule has 0 radical (unpaired) electrons. The Hall–Kier alpha value is -1.27. The van der Waals surface area contributed by atoms with E-state index < -0.39 is 0 Å². The second-order valence-corrected chi connectivity index (χ2v) is 4.51. The van der Waals surface area contributed by atoms with Crippen molar-refractivity contribution in [2.75, 3.05) is 19.0 Å². The van der Waals surface area contributed by atoms with Gasteiger partial charge in [-0.3, -0.25) is 0 Å². The molecule has 0 spiro atoms. The van der Waals surface area contributed by atoms with Gasteiger partial charge in [-0.1, -0.05) is 12.2 Å². The number of hydrogen-bond acceptors (Lipinski definition) is 5. The number of aromatic nitrogens is 2. The number of hydrogen-bond donors (Lipinski definition) is 2. The van der Waals surface area contributed by atoms with Crippen LogP contribution in [0.3, 0.4) is 0 Å². The van der Waals surface area contributed by atoms with E-state index in [0.29, 0.717) is 18.2 Å². The van der Waals surface area contributed by atoms with Crippen molar-refractivity contribution in [2.45, 2.75) is 19.4 Å². The number of rotatable bonds is 5. The highest BCUT2D eigenvalue weighted by Gasteiger charge is 2.18. The molecule has 0 saturated heterocycles. The van der Waals surface area contributed by atoms with E-state index in [1.807, 2.05) is 13.8 Å². The molecule has 0 aliphatic rings. The molecule has 88 valence electrons. The molecule has 5 nitrogen and oxygen atoms in total. The first-order chi connectivity index (χ1) is 7.44. The van der Waals surface area contributed by atoms with Crippen molar-refractivity contribution in [3.63, 3.8) is 0 Å². The van der Waals surface area contributed by atoms with Crippen LogP contribution in [-0.4, -0.2) is 34.2 Å². The Bertz CT molecular complexity index is 381.